The van der Waals surface area contributed by atoms with Crippen LogP contribution in [0.25, 0.3) is 0 Å². The van der Waals surface area contributed by atoms with E-state index in [0.717, 1.165) is 0 Å². The van der Waals surface area contributed by atoms with Crippen molar-refractivity contribution < 1.29 is 170 Å². The molecule has 0 amide bonds. The van der Waals surface area contributed by atoms with Gasteiger partial charge in [-0.15, -0.1) is 17.6 Å². The van der Waals surface area contributed by atoms with E-state index in [2.05, 4.69) is 0 Å². The molecule has 296 valence electrons. The van der Waals surface area contributed by atoms with Crippen LogP contribution in [0.15, 0.2) is 11.4 Å². The van der Waals surface area contributed by atoms with Crippen molar-refractivity contribution in [1.82, 2.24) is 0 Å². The van der Waals surface area contributed by atoms with Crippen molar-refractivity contribution in [2.24, 2.45) is 0 Å². The van der Waals surface area contributed by atoms with Crippen LogP contribution in [-0.4, -0.2) is 82.9 Å². The van der Waals surface area contributed by atoms with Crippen LogP contribution in [0.1, 0.15) is 0 Å². The van der Waals surface area contributed by atoms with Crippen LogP contribution in [-0.2, 0) is 0 Å². The Labute approximate surface area is 259 Å². The number of rotatable bonds is 11. The van der Waals surface area contributed by atoms with Gasteiger partial charge in [0.15, 0.2) is 10.5 Å². The predicted molar refractivity (Wildman–Crippen MR) is 78.2 cm³/mol. The quantitative estimate of drug-likeness (QED) is 0.0862. The third kappa shape index (κ3) is 6.35. The van der Waals surface area contributed by atoms with Gasteiger partial charge in [-0.3, -0.25) is 0 Å². The fourth-order valence-corrected chi connectivity index (χ4v) is 2.59. The lowest BCUT2D eigenvalue weighted by molar-refractivity contribution is -1.27. The van der Waals surface area contributed by atoms with Gasteiger partial charge in [0.05, 0.1) is 8.96 Å². The van der Waals surface area contributed by atoms with Crippen LogP contribution in [0.4, 0.5) is 141 Å². The largest absolute Gasteiger partial charge is 1.00 e. The Kier molecular flexibility index (Phi) is 12.2. The molecule has 34 heteroatoms. The number of alkyl halides is 29. The first kappa shape index (κ1) is 49.3. The van der Waals surface area contributed by atoms with Gasteiger partial charge in [0, 0.05) is 0 Å². The van der Waals surface area contributed by atoms with E-state index in [1.54, 1.807) is 0 Å². The summed E-state index contributed by atoms with van der Waals surface area (Å²) in [5, 5.41) is 0. The van der Waals surface area contributed by atoms with E-state index >= 15 is 0 Å². The summed E-state index contributed by atoms with van der Waals surface area (Å²) in [6, 6.07) is -19.0. The Bertz CT molecular complexity index is 1210. The molecule has 0 bridgehead atoms. The summed E-state index contributed by atoms with van der Waals surface area (Å²) in [5.41, 5.74) is -5.74. The Morgan fingerprint density at radius 1 is 0.327 bits per heavy atom. The molecule has 0 radical (unpaired) electrons. The second kappa shape index (κ2) is 12.1. The van der Waals surface area contributed by atoms with Crippen LogP contribution in [0.2, 0.25) is 0 Å². The number of nitrogens with zero attached hydrogens (tertiary/aromatic N) is 1. The first-order valence-electron chi connectivity index (χ1n) is 9.70. The van der Waals surface area contributed by atoms with Crippen molar-refractivity contribution >= 4 is 0 Å². The van der Waals surface area contributed by atoms with Gasteiger partial charge in [0.1, 0.15) is 0 Å². The lowest BCUT2D eigenvalue weighted by Crippen LogP contribution is -3.00. The smallest absolute Gasteiger partial charge is 0.541 e. The van der Waals surface area contributed by atoms with Gasteiger partial charge in [0.25, 0.3) is 5.83 Å². The maximum atomic E-state index is 13.7. The van der Waals surface area contributed by atoms with E-state index < -0.39 is 94.3 Å². The van der Waals surface area contributed by atoms with E-state index in [9.17, 15) is 141 Å². The van der Waals surface area contributed by atoms with Gasteiger partial charge >= 0.3 is 78.0 Å². The standard InChI is InChI=1S/C15F32N.HI/c16-2(1(3(17,18)19)4(20,21)22)5(23,24)48(46,47)15(44,45)13(39,40)11(35,36)9(31,32)7(27,28)6(25,26)8(29,30)10(33,34)12(37,38)14(41,42)43;/h;1H/q+1;/p-1. The third-order valence-corrected chi connectivity index (χ3v) is 5.25. The Morgan fingerprint density at radius 2 is 0.531 bits per heavy atom. The highest BCUT2D eigenvalue weighted by molar-refractivity contribution is 5.23. The maximum absolute atomic E-state index is 13.7. The van der Waals surface area contributed by atoms with E-state index in [4.69, 9.17) is 0 Å². The van der Waals surface area contributed by atoms with Crippen molar-refractivity contribution in [2.45, 2.75) is 78.0 Å². The minimum Gasteiger partial charge on any atom is -1.00 e. The van der Waals surface area contributed by atoms with Crippen molar-refractivity contribution in [3.05, 3.63) is 11.4 Å². The molecule has 0 heterocycles. The van der Waals surface area contributed by atoms with E-state index in [0.29, 0.717) is 0 Å². The van der Waals surface area contributed by atoms with Gasteiger partial charge in [-0.2, -0.15) is 114 Å². The highest BCUT2D eigenvalue weighted by Crippen LogP contribution is 2.68. The molecule has 1 nitrogen and oxygen atoms in total. The normalized spacial score (nSPS) is 16.4. The summed E-state index contributed by atoms with van der Waals surface area (Å²) >= 11 is 0. The summed E-state index contributed by atoms with van der Waals surface area (Å²) in [6.07, 6.45) is -24.1. The number of hydrogen-bond donors (Lipinski definition) is 0. The molecule has 0 aliphatic rings. The Balaban J connectivity index is 0. The van der Waals surface area contributed by atoms with E-state index in [1.165, 1.54) is 0 Å². The Morgan fingerprint density at radius 3 is 0.735 bits per heavy atom. The van der Waals surface area contributed by atoms with Gasteiger partial charge in [-0.05, 0) is 0 Å². The van der Waals surface area contributed by atoms with E-state index in [-0.39, 0.29) is 24.0 Å². The number of quaternary nitrogens is 1. The first-order chi connectivity index (χ1) is 20.0. The monoisotopic (exact) mass is 929 g/mol. The number of halogens is 33. The van der Waals surface area contributed by atoms with Crippen LogP contribution >= 0.6 is 0 Å². The molecule has 0 saturated carbocycles. The second-order valence-corrected chi connectivity index (χ2v) is 8.37. The second-order valence-electron chi connectivity index (χ2n) is 8.37. The van der Waals surface area contributed by atoms with E-state index in [1.807, 2.05) is 0 Å². The fraction of sp³-hybridized carbons (Fsp3) is 0.867. The lowest BCUT2D eigenvalue weighted by Gasteiger charge is -2.44. The fourth-order valence-electron chi connectivity index (χ4n) is 2.59. The molecule has 0 saturated heterocycles. The maximum Gasteiger partial charge on any atom is 0.541 e. The minimum atomic E-state index is -10.1. The summed E-state index contributed by atoms with van der Waals surface area (Å²) in [7, 11) is 0. The summed E-state index contributed by atoms with van der Waals surface area (Å²) < 4.78 is 418. The van der Waals surface area contributed by atoms with Crippen LogP contribution in [0.5, 0.6) is 0 Å². The van der Waals surface area contributed by atoms with Crippen molar-refractivity contribution in [2.75, 3.05) is 0 Å². The summed E-state index contributed by atoms with van der Waals surface area (Å²) in [5.74, 6) is -83.9. The van der Waals surface area contributed by atoms with Gasteiger partial charge < -0.3 is 24.0 Å². The lowest BCUT2D eigenvalue weighted by atomic mass is 9.87. The van der Waals surface area contributed by atoms with Crippen LogP contribution in [0.3, 0.4) is 0 Å². The summed E-state index contributed by atoms with van der Waals surface area (Å²) in [4.78, 5) is -8.63. The van der Waals surface area contributed by atoms with Crippen molar-refractivity contribution in [1.29, 1.82) is 0 Å². The van der Waals surface area contributed by atoms with Crippen molar-refractivity contribution in [3.8, 4) is 0 Å². The SMILES string of the molecule is FC(=C(C(F)(F)F)C(F)(F)F)C(F)(F)[N+](F)(F)C(F)(F)C(F)(F)C(F)(F)C(F)(F)C(F)(F)C(F)(F)C(F)(F)C(F)(F)C(F)(F)C(F)(F)F.[I-]. The zero-order valence-electron chi connectivity index (χ0n) is 20.4. The highest BCUT2D eigenvalue weighted by atomic mass is 127. The molecule has 0 aliphatic carbocycles. The molecule has 0 aromatic carbocycles. The molecule has 0 spiro atoms. The number of allylic oxidation sites excluding steroid dienone is 1. The van der Waals surface area contributed by atoms with Gasteiger partial charge in [0.2, 0.25) is 0 Å². The molecule has 49 heavy (non-hydrogen) atoms. The number of hydrogen-bond acceptors (Lipinski definition) is 0. The molecule has 0 fully saturated rings. The van der Waals surface area contributed by atoms with Crippen molar-refractivity contribution in [3.63, 3.8) is 0 Å². The molecule has 0 unspecified atom stereocenters. The molecule has 0 N–H and O–H groups in total. The molecular formula is C15F32IN. The molecule has 0 rings (SSSR count). The topological polar surface area (TPSA) is 0 Å². The zero-order valence-corrected chi connectivity index (χ0v) is 22.6. The first-order valence-corrected chi connectivity index (χ1v) is 9.70. The highest BCUT2D eigenvalue weighted by Gasteiger charge is 3.01. The van der Waals surface area contributed by atoms with Crippen LogP contribution < -0.4 is 24.0 Å². The summed E-state index contributed by atoms with van der Waals surface area (Å²) in [6.45, 7) is 0. The van der Waals surface area contributed by atoms with Gasteiger partial charge in [-0.1, -0.05) is 0 Å². The van der Waals surface area contributed by atoms with Crippen LogP contribution in [0, 0.1) is 0 Å². The van der Waals surface area contributed by atoms with Gasteiger partial charge in [-0.25, -0.2) is 0 Å². The minimum absolute atomic E-state index is 0. The predicted octanol–water partition coefficient (Wildman–Crippen LogP) is 7.75. The molecular weight excluding hydrogens is 929 g/mol. The molecule has 0 aromatic heterocycles. The molecule has 0 aromatic rings. The zero-order chi connectivity index (χ0) is 40.2. The molecule has 0 atom stereocenters. The average molecular weight is 929 g/mol. The molecule has 0 aliphatic heterocycles. The average Bonchev–Trinajstić information content (AvgIpc) is 2.79. The Hall–Kier alpha value is -1.81. The third-order valence-electron chi connectivity index (χ3n) is 5.25.